The second-order valence-electron chi connectivity index (χ2n) is 5.79. The van der Waals surface area contributed by atoms with E-state index in [9.17, 15) is 40.2 Å². The van der Waals surface area contributed by atoms with Crippen LogP contribution in [0, 0.1) is 5.92 Å². The van der Waals surface area contributed by atoms with E-state index < -0.39 is 48.0 Å². The second-order valence-corrected chi connectivity index (χ2v) is 5.79. The Bertz CT molecular complexity index is 653. The molecule has 1 aromatic carbocycles. The number of aliphatic hydroxyl groups excluding tert-OH is 3. The maximum absolute atomic E-state index is 12.3. The molecule has 2 rings (SSSR count). The van der Waals surface area contributed by atoms with Crippen LogP contribution >= 0.6 is 0 Å². The van der Waals surface area contributed by atoms with Gasteiger partial charge in [-0.25, -0.2) is 4.79 Å². The van der Waals surface area contributed by atoms with Gasteiger partial charge in [-0.1, -0.05) is 18.2 Å². The van der Waals surface area contributed by atoms with Gasteiger partial charge in [-0.05, 0) is 23.8 Å². The van der Waals surface area contributed by atoms with E-state index in [4.69, 9.17) is 0 Å². The second kappa shape index (κ2) is 6.70. The Kier molecular flexibility index (Phi) is 5.05. The SMILES string of the molecule is O=C(C=Cc1ccc(O)cc1)[C@@H]1[C@@H](O)[C@@H](O)[C@H](O)C[C@]1(O)C(=O)O. The molecule has 24 heavy (non-hydrogen) atoms. The Morgan fingerprint density at radius 2 is 1.67 bits per heavy atom. The van der Waals surface area contributed by atoms with E-state index in [-0.39, 0.29) is 5.75 Å². The van der Waals surface area contributed by atoms with Gasteiger partial charge < -0.3 is 30.6 Å². The lowest BCUT2D eigenvalue weighted by Gasteiger charge is -2.43. The van der Waals surface area contributed by atoms with Gasteiger partial charge in [0, 0.05) is 6.42 Å². The Morgan fingerprint density at radius 3 is 2.21 bits per heavy atom. The van der Waals surface area contributed by atoms with Gasteiger partial charge >= 0.3 is 5.97 Å². The number of ketones is 1. The van der Waals surface area contributed by atoms with Crippen molar-refractivity contribution in [1.29, 1.82) is 0 Å². The minimum Gasteiger partial charge on any atom is -0.508 e. The maximum Gasteiger partial charge on any atom is 0.336 e. The monoisotopic (exact) mass is 338 g/mol. The van der Waals surface area contributed by atoms with Crippen LogP contribution in [0.15, 0.2) is 30.3 Å². The number of carbonyl (C=O) groups excluding carboxylic acids is 1. The smallest absolute Gasteiger partial charge is 0.336 e. The van der Waals surface area contributed by atoms with Gasteiger partial charge in [0.15, 0.2) is 11.4 Å². The Labute approximate surface area is 136 Å². The molecule has 1 aliphatic rings. The minimum atomic E-state index is -2.70. The Morgan fingerprint density at radius 1 is 1.08 bits per heavy atom. The number of benzene rings is 1. The number of allylic oxidation sites excluding steroid dienone is 1. The molecule has 0 radical (unpaired) electrons. The molecule has 1 aliphatic carbocycles. The van der Waals surface area contributed by atoms with Crippen molar-refractivity contribution in [2.24, 2.45) is 5.92 Å². The fourth-order valence-electron chi connectivity index (χ4n) is 2.77. The molecule has 8 heteroatoms. The van der Waals surface area contributed by atoms with Crippen molar-refractivity contribution < 1.29 is 40.2 Å². The van der Waals surface area contributed by atoms with E-state index in [1.807, 2.05) is 0 Å². The quantitative estimate of drug-likeness (QED) is 0.378. The molecule has 5 atom stereocenters. The van der Waals surface area contributed by atoms with E-state index in [2.05, 4.69) is 0 Å². The average Bonchev–Trinajstić information content (AvgIpc) is 2.52. The van der Waals surface area contributed by atoms with Crippen LogP contribution in [0.25, 0.3) is 6.08 Å². The van der Waals surface area contributed by atoms with Gasteiger partial charge in [0.25, 0.3) is 0 Å². The molecule has 0 spiro atoms. The first-order valence-corrected chi connectivity index (χ1v) is 7.17. The van der Waals surface area contributed by atoms with Gasteiger partial charge in [-0.3, -0.25) is 4.79 Å². The van der Waals surface area contributed by atoms with Crippen molar-refractivity contribution in [3.05, 3.63) is 35.9 Å². The zero-order valence-corrected chi connectivity index (χ0v) is 12.5. The standard InChI is InChI=1S/C16H18O8/c17-9-4-1-8(2-5-9)3-6-10(18)12-14(21)13(20)11(19)7-16(12,24)15(22)23/h1-6,11-14,17,19-21,24H,7H2,(H,22,23)/t11-,12-,13+,14-,16-/m1/s1. The van der Waals surface area contributed by atoms with Gasteiger partial charge in [0.2, 0.25) is 0 Å². The first kappa shape index (κ1) is 18.1. The van der Waals surface area contributed by atoms with Crippen LogP contribution in [-0.4, -0.2) is 66.3 Å². The number of hydrogen-bond acceptors (Lipinski definition) is 7. The van der Waals surface area contributed by atoms with Crippen molar-refractivity contribution in [3.63, 3.8) is 0 Å². The van der Waals surface area contributed by atoms with E-state index in [0.29, 0.717) is 5.56 Å². The van der Waals surface area contributed by atoms with E-state index in [0.717, 1.165) is 6.08 Å². The maximum atomic E-state index is 12.3. The summed E-state index contributed by atoms with van der Waals surface area (Å²) >= 11 is 0. The molecule has 8 nitrogen and oxygen atoms in total. The predicted molar refractivity (Wildman–Crippen MR) is 80.9 cm³/mol. The lowest BCUT2D eigenvalue weighted by atomic mass is 9.69. The van der Waals surface area contributed by atoms with E-state index in [1.165, 1.54) is 30.3 Å². The normalized spacial score (nSPS) is 33.5. The highest BCUT2D eigenvalue weighted by atomic mass is 16.4. The van der Waals surface area contributed by atoms with Crippen LogP contribution < -0.4 is 0 Å². The fourth-order valence-corrected chi connectivity index (χ4v) is 2.77. The predicted octanol–water partition coefficient (Wildman–Crippen LogP) is -1.11. The molecule has 0 heterocycles. The number of carboxylic acid groups (broad SMARTS) is 1. The van der Waals surface area contributed by atoms with Crippen LogP contribution in [0.5, 0.6) is 5.75 Å². The molecule has 0 aromatic heterocycles. The number of carbonyl (C=O) groups is 2. The highest BCUT2D eigenvalue weighted by Crippen LogP contribution is 2.36. The summed E-state index contributed by atoms with van der Waals surface area (Å²) in [5.41, 5.74) is -2.18. The van der Waals surface area contributed by atoms with Gasteiger partial charge in [-0.2, -0.15) is 0 Å². The largest absolute Gasteiger partial charge is 0.508 e. The first-order valence-electron chi connectivity index (χ1n) is 7.17. The highest BCUT2D eigenvalue weighted by Gasteiger charge is 2.58. The number of hydrogen-bond donors (Lipinski definition) is 6. The number of aliphatic carboxylic acids is 1. The van der Waals surface area contributed by atoms with Crippen molar-refractivity contribution in [2.75, 3.05) is 0 Å². The molecule has 0 bridgehead atoms. The van der Waals surface area contributed by atoms with Crippen LogP contribution in [0.2, 0.25) is 0 Å². The van der Waals surface area contributed by atoms with Gasteiger partial charge in [0.1, 0.15) is 11.9 Å². The van der Waals surface area contributed by atoms with Crippen molar-refractivity contribution in [2.45, 2.75) is 30.3 Å². The third-order valence-corrected chi connectivity index (χ3v) is 4.13. The fraction of sp³-hybridized carbons (Fsp3) is 0.375. The summed E-state index contributed by atoms with van der Waals surface area (Å²) in [4.78, 5) is 23.7. The van der Waals surface area contributed by atoms with Crippen molar-refractivity contribution >= 4 is 17.8 Å². The molecule has 0 unspecified atom stereocenters. The van der Waals surface area contributed by atoms with Crippen LogP contribution in [0.3, 0.4) is 0 Å². The molecule has 130 valence electrons. The van der Waals surface area contributed by atoms with Crippen molar-refractivity contribution in [1.82, 2.24) is 0 Å². The van der Waals surface area contributed by atoms with E-state index >= 15 is 0 Å². The lowest BCUT2D eigenvalue weighted by molar-refractivity contribution is -0.207. The molecule has 0 saturated heterocycles. The summed E-state index contributed by atoms with van der Waals surface area (Å²) < 4.78 is 0. The highest BCUT2D eigenvalue weighted by molar-refractivity contribution is 6.00. The molecule has 1 saturated carbocycles. The number of aromatic hydroxyl groups is 1. The average molecular weight is 338 g/mol. The molecular weight excluding hydrogens is 320 g/mol. The minimum absolute atomic E-state index is 0.0264. The summed E-state index contributed by atoms with van der Waals surface area (Å²) in [6.45, 7) is 0. The number of rotatable bonds is 4. The zero-order valence-electron chi connectivity index (χ0n) is 12.5. The first-order chi connectivity index (χ1) is 11.2. The van der Waals surface area contributed by atoms with Gasteiger partial charge in [0.05, 0.1) is 18.1 Å². The number of carboxylic acids is 1. The van der Waals surface area contributed by atoms with Crippen LogP contribution in [0.4, 0.5) is 0 Å². The third-order valence-electron chi connectivity index (χ3n) is 4.13. The van der Waals surface area contributed by atoms with Gasteiger partial charge in [-0.15, -0.1) is 0 Å². The lowest BCUT2D eigenvalue weighted by Crippen LogP contribution is -2.64. The topological polar surface area (TPSA) is 156 Å². The molecule has 0 aliphatic heterocycles. The van der Waals surface area contributed by atoms with Crippen molar-refractivity contribution in [3.8, 4) is 5.75 Å². The number of aliphatic hydroxyl groups is 4. The third kappa shape index (κ3) is 3.31. The molecule has 0 amide bonds. The molecular formula is C16H18O8. The summed E-state index contributed by atoms with van der Waals surface area (Å²) in [6, 6.07) is 5.76. The van der Waals surface area contributed by atoms with Crippen LogP contribution in [-0.2, 0) is 9.59 Å². The summed E-state index contributed by atoms with van der Waals surface area (Å²) in [5, 5.41) is 57.9. The molecule has 1 fully saturated rings. The Balaban J connectivity index is 2.29. The molecule has 6 N–H and O–H groups in total. The molecule has 1 aromatic rings. The number of phenols is 1. The summed E-state index contributed by atoms with van der Waals surface area (Å²) in [7, 11) is 0. The Hall–Kier alpha value is -2.26. The summed E-state index contributed by atoms with van der Waals surface area (Å²) in [6.07, 6.45) is -3.87. The zero-order chi connectivity index (χ0) is 18.1. The van der Waals surface area contributed by atoms with E-state index in [1.54, 1.807) is 0 Å². The summed E-state index contributed by atoms with van der Waals surface area (Å²) in [5.74, 6) is -4.49. The number of phenolic OH excluding ortho intramolecular Hbond substituents is 1. The van der Waals surface area contributed by atoms with Crippen LogP contribution in [0.1, 0.15) is 12.0 Å².